The number of halogens is 4. The zero-order chi connectivity index (χ0) is 15.6. The van der Waals surface area contributed by atoms with Gasteiger partial charge in [-0.25, -0.2) is 8.78 Å². The molecule has 0 fully saturated rings. The van der Waals surface area contributed by atoms with Crippen LogP contribution in [0.2, 0.25) is 10.0 Å². The van der Waals surface area contributed by atoms with E-state index in [1.165, 1.54) is 36.4 Å². The average Bonchev–Trinajstić information content (AvgIpc) is 2.45. The fourth-order valence-corrected chi connectivity index (χ4v) is 2.15. The van der Waals surface area contributed by atoms with Crippen molar-refractivity contribution in [2.45, 2.75) is 6.43 Å². The van der Waals surface area contributed by atoms with Gasteiger partial charge in [0.1, 0.15) is 0 Å². The van der Waals surface area contributed by atoms with E-state index in [1.54, 1.807) is 0 Å². The van der Waals surface area contributed by atoms with Crippen LogP contribution in [0.3, 0.4) is 0 Å². The molecule has 0 aliphatic heterocycles. The quantitative estimate of drug-likeness (QED) is 0.796. The van der Waals surface area contributed by atoms with E-state index in [0.29, 0.717) is 0 Å². The Kier molecular flexibility index (Phi) is 4.65. The van der Waals surface area contributed by atoms with Gasteiger partial charge in [-0.15, -0.1) is 0 Å². The average molecular weight is 331 g/mol. The molecule has 2 aromatic carbocycles. The molecule has 0 heterocycles. The fourth-order valence-electron chi connectivity index (χ4n) is 1.70. The highest BCUT2D eigenvalue weighted by Crippen LogP contribution is 2.31. The van der Waals surface area contributed by atoms with E-state index in [4.69, 9.17) is 28.9 Å². The number of nitrogens with two attached hydrogens (primary N) is 1. The molecule has 0 atom stereocenters. The smallest absolute Gasteiger partial charge is 0.263 e. The lowest BCUT2D eigenvalue weighted by atomic mass is 10.1. The molecule has 2 aromatic rings. The molecule has 3 N–H and O–H groups in total. The van der Waals surface area contributed by atoms with Gasteiger partial charge in [0.2, 0.25) is 0 Å². The highest BCUT2D eigenvalue weighted by atomic mass is 35.5. The first-order valence-corrected chi connectivity index (χ1v) is 6.58. The first kappa shape index (κ1) is 15.5. The number of benzene rings is 2. The molecule has 0 unspecified atom stereocenters. The van der Waals surface area contributed by atoms with Crippen molar-refractivity contribution in [3.8, 4) is 0 Å². The van der Waals surface area contributed by atoms with Crippen molar-refractivity contribution >= 4 is 40.5 Å². The summed E-state index contributed by atoms with van der Waals surface area (Å²) in [5, 5.41) is 2.74. The van der Waals surface area contributed by atoms with Gasteiger partial charge in [0, 0.05) is 11.3 Å². The minimum atomic E-state index is -2.61. The molecule has 0 aliphatic carbocycles. The van der Waals surface area contributed by atoms with Crippen LogP contribution in [-0.2, 0) is 0 Å². The number of carbonyl (C=O) groups is 1. The molecule has 110 valence electrons. The second kappa shape index (κ2) is 6.28. The molecule has 2 rings (SSSR count). The topological polar surface area (TPSA) is 55.1 Å². The van der Waals surface area contributed by atoms with Crippen molar-refractivity contribution in [1.29, 1.82) is 0 Å². The summed E-state index contributed by atoms with van der Waals surface area (Å²) in [7, 11) is 0. The normalized spacial score (nSPS) is 10.7. The maximum absolute atomic E-state index is 12.6. The van der Waals surface area contributed by atoms with Gasteiger partial charge in [-0.05, 0) is 24.3 Å². The van der Waals surface area contributed by atoms with Crippen molar-refractivity contribution in [3.63, 3.8) is 0 Å². The van der Waals surface area contributed by atoms with Crippen LogP contribution in [0.15, 0.2) is 36.4 Å². The van der Waals surface area contributed by atoms with E-state index in [0.717, 1.165) is 0 Å². The zero-order valence-electron chi connectivity index (χ0n) is 10.5. The van der Waals surface area contributed by atoms with Crippen molar-refractivity contribution in [2.24, 2.45) is 0 Å². The number of nitrogen functional groups attached to an aromatic ring is 1. The maximum atomic E-state index is 12.6. The van der Waals surface area contributed by atoms with Gasteiger partial charge in [-0.1, -0.05) is 35.3 Å². The highest BCUT2D eigenvalue weighted by molar-refractivity contribution is 6.41. The minimum Gasteiger partial charge on any atom is -0.396 e. The fraction of sp³-hybridized carbons (Fsp3) is 0.0714. The van der Waals surface area contributed by atoms with Gasteiger partial charge >= 0.3 is 0 Å². The molecule has 1 amide bonds. The summed E-state index contributed by atoms with van der Waals surface area (Å²) in [6.45, 7) is 0. The second-order valence-electron chi connectivity index (χ2n) is 4.20. The first-order valence-electron chi connectivity index (χ1n) is 5.83. The molecule has 0 saturated carbocycles. The van der Waals surface area contributed by atoms with Gasteiger partial charge in [0.05, 0.1) is 21.3 Å². The molecule has 7 heteroatoms. The van der Waals surface area contributed by atoms with Crippen molar-refractivity contribution in [1.82, 2.24) is 0 Å². The van der Waals surface area contributed by atoms with Gasteiger partial charge < -0.3 is 11.1 Å². The van der Waals surface area contributed by atoms with Gasteiger partial charge in [-0.3, -0.25) is 4.79 Å². The molecule has 0 aliphatic rings. The van der Waals surface area contributed by atoms with E-state index < -0.39 is 12.3 Å². The van der Waals surface area contributed by atoms with E-state index >= 15 is 0 Å². The van der Waals surface area contributed by atoms with E-state index in [2.05, 4.69) is 5.32 Å². The van der Waals surface area contributed by atoms with Crippen molar-refractivity contribution in [3.05, 3.63) is 57.6 Å². The van der Waals surface area contributed by atoms with Crippen LogP contribution < -0.4 is 11.1 Å². The van der Waals surface area contributed by atoms with Crippen LogP contribution in [0, 0.1) is 0 Å². The van der Waals surface area contributed by atoms with Crippen LogP contribution in [0.25, 0.3) is 0 Å². The Bertz CT molecular complexity index is 693. The molecule has 0 saturated heterocycles. The Hall–Kier alpha value is -1.85. The third-order valence-electron chi connectivity index (χ3n) is 2.77. The van der Waals surface area contributed by atoms with Crippen LogP contribution in [-0.4, -0.2) is 5.91 Å². The molecular weight excluding hydrogens is 321 g/mol. The maximum Gasteiger partial charge on any atom is 0.263 e. The van der Waals surface area contributed by atoms with E-state index in [-0.39, 0.29) is 32.5 Å². The molecule has 0 bridgehead atoms. The lowest BCUT2D eigenvalue weighted by molar-refractivity contribution is 0.102. The third-order valence-corrected chi connectivity index (χ3v) is 3.50. The number of amides is 1. The van der Waals surface area contributed by atoms with E-state index in [9.17, 15) is 13.6 Å². The van der Waals surface area contributed by atoms with Gasteiger partial charge in [-0.2, -0.15) is 0 Å². The lowest BCUT2D eigenvalue weighted by Gasteiger charge is -2.10. The van der Waals surface area contributed by atoms with Crippen LogP contribution in [0.4, 0.5) is 20.2 Å². The highest BCUT2D eigenvalue weighted by Gasteiger charge is 2.15. The summed E-state index contributed by atoms with van der Waals surface area (Å²) in [4.78, 5) is 12.1. The summed E-state index contributed by atoms with van der Waals surface area (Å²) in [6.07, 6.45) is -2.61. The number of rotatable bonds is 3. The van der Waals surface area contributed by atoms with Crippen molar-refractivity contribution < 1.29 is 13.6 Å². The lowest BCUT2D eigenvalue weighted by Crippen LogP contribution is -2.13. The molecule has 3 nitrogen and oxygen atoms in total. The Balaban J connectivity index is 2.26. The van der Waals surface area contributed by atoms with Crippen LogP contribution >= 0.6 is 23.2 Å². The summed E-state index contributed by atoms with van der Waals surface area (Å²) in [5.41, 5.74) is 5.89. The summed E-state index contributed by atoms with van der Waals surface area (Å²) < 4.78 is 25.2. The number of hydrogen-bond donors (Lipinski definition) is 2. The number of carbonyl (C=O) groups excluding carboxylic acids is 1. The Labute approximate surface area is 129 Å². The standard InChI is InChI=1S/C14H10Cl2F2N2O/c15-10-5-4-9(11(16)12(10)19)14(21)20-8-3-1-2-7(6-8)13(17)18/h1-6,13H,19H2,(H,20,21). The van der Waals surface area contributed by atoms with Crippen molar-refractivity contribution in [2.75, 3.05) is 11.1 Å². The molecule has 0 radical (unpaired) electrons. The predicted octanol–water partition coefficient (Wildman–Crippen LogP) is 4.77. The molecular formula is C14H10Cl2F2N2O. The predicted molar refractivity (Wildman–Crippen MR) is 80.2 cm³/mol. The Morgan fingerprint density at radius 1 is 1.19 bits per heavy atom. The third kappa shape index (κ3) is 3.43. The second-order valence-corrected chi connectivity index (χ2v) is 4.99. The molecule has 0 spiro atoms. The molecule has 21 heavy (non-hydrogen) atoms. The van der Waals surface area contributed by atoms with Crippen LogP contribution in [0.5, 0.6) is 0 Å². The first-order chi connectivity index (χ1) is 9.90. The van der Waals surface area contributed by atoms with Gasteiger partial charge in [0.25, 0.3) is 12.3 Å². The number of hydrogen-bond acceptors (Lipinski definition) is 2. The van der Waals surface area contributed by atoms with Crippen LogP contribution in [0.1, 0.15) is 22.3 Å². The summed E-state index contributed by atoms with van der Waals surface area (Å²) >= 11 is 11.7. The minimum absolute atomic E-state index is 0.0185. The monoisotopic (exact) mass is 330 g/mol. The largest absolute Gasteiger partial charge is 0.396 e. The summed E-state index contributed by atoms with van der Waals surface area (Å²) in [5.74, 6) is -0.560. The Morgan fingerprint density at radius 3 is 2.57 bits per heavy atom. The Morgan fingerprint density at radius 2 is 1.90 bits per heavy atom. The van der Waals surface area contributed by atoms with E-state index in [1.807, 2.05) is 0 Å². The number of nitrogens with one attached hydrogen (secondary N) is 1. The number of anilines is 2. The van der Waals surface area contributed by atoms with Gasteiger partial charge in [0.15, 0.2) is 0 Å². The molecule has 0 aromatic heterocycles. The summed E-state index contributed by atoms with van der Waals surface area (Å²) in [6, 6.07) is 8.23. The SMILES string of the molecule is Nc1c(Cl)ccc(C(=O)Nc2cccc(C(F)F)c2)c1Cl. The number of alkyl halides is 2. The zero-order valence-corrected chi connectivity index (χ0v) is 12.1.